The van der Waals surface area contributed by atoms with Crippen molar-refractivity contribution in [2.24, 2.45) is 11.7 Å². The molecule has 0 saturated carbocycles. The fourth-order valence-electron chi connectivity index (χ4n) is 3.54. The molecular weight excluding hydrogens is 363 g/mol. The van der Waals surface area contributed by atoms with Gasteiger partial charge in [-0.15, -0.1) is 15.3 Å². The van der Waals surface area contributed by atoms with Gasteiger partial charge in [0.25, 0.3) is 0 Å². The third kappa shape index (κ3) is 3.40. The van der Waals surface area contributed by atoms with E-state index in [-0.39, 0.29) is 24.1 Å². The molecular formula is C19H21FN6O2. The Labute approximate surface area is 161 Å². The maximum absolute atomic E-state index is 13.6. The number of carbonyl (C=O) groups excluding carboxylic acids is 1. The number of aromatic nitrogens is 4. The summed E-state index contributed by atoms with van der Waals surface area (Å²) in [7, 11) is 1.53. The maximum atomic E-state index is 13.6. The lowest BCUT2D eigenvalue weighted by Gasteiger charge is -2.34. The van der Waals surface area contributed by atoms with Gasteiger partial charge in [-0.05, 0) is 48.7 Å². The van der Waals surface area contributed by atoms with Gasteiger partial charge in [0.2, 0.25) is 11.8 Å². The lowest BCUT2D eigenvalue weighted by molar-refractivity contribution is -0.118. The summed E-state index contributed by atoms with van der Waals surface area (Å²) in [6, 6.07) is 7.99. The van der Waals surface area contributed by atoms with E-state index in [2.05, 4.69) is 15.3 Å². The van der Waals surface area contributed by atoms with Gasteiger partial charge in [-0.1, -0.05) is 0 Å². The van der Waals surface area contributed by atoms with Gasteiger partial charge in [0.05, 0.1) is 7.11 Å². The molecule has 0 saturated heterocycles. The lowest BCUT2D eigenvalue weighted by atomic mass is 9.92. The Morgan fingerprint density at radius 1 is 1.32 bits per heavy atom. The minimum atomic E-state index is -0.307. The van der Waals surface area contributed by atoms with Gasteiger partial charge in [-0.25, -0.2) is 4.39 Å². The molecule has 146 valence electrons. The highest BCUT2D eigenvalue weighted by molar-refractivity contribution is 5.94. The molecule has 0 fully saturated rings. The van der Waals surface area contributed by atoms with E-state index >= 15 is 0 Å². The number of benzene rings is 1. The van der Waals surface area contributed by atoms with Crippen molar-refractivity contribution >= 4 is 17.2 Å². The topological polar surface area (TPSA) is 98.6 Å². The molecule has 28 heavy (non-hydrogen) atoms. The zero-order valence-corrected chi connectivity index (χ0v) is 15.5. The van der Waals surface area contributed by atoms with Gasteiger partial charge in [0, 0.05) is 31.1 Å². The van der Waals surface area contributed by atoms with Crippen LogP contribution in [0.2, 0.25) is 0 Å². The van der Waals surface area contributed by atoms with Crippen molar-refractivity contribution < 1.29 is 13.9 Å². The standard InChI is InChI=1S/C19H21FN6O2/c1-28-18-6-4-16-22-23-17(26(16)24-18)5-7-19(27)25-11-12(10-21)8-13-9-14(20)2-3-15(13)25/h2-4,6,9,12H,5,7-8,10-11,21H2,1H3. The van der Waals surface area contributed by atoms with Gasteiger partial charge in [0.15, 0.2) is 11.5 Å². The Balaban J connectivity index is 1.54. The van der Waals surface area contributed by atoms with Crippen LogP contribution in [0.15, 0.2) is 30.3 Å². The molecule has 3 aromatic rings. The van der Waals surface area contributed by atoms with Crippen LogP contribution < -0.4 is 15.4 Å². The van der Waals surface area contributed by atoms with E-state index < -0.39 is 0 Å². The zero-order valence-electron chi connectivity index (χ0n) is 15.5. The monoisotopic (exact) mass is 384 g/mol. The van der Waals surface area contributed by atoms with Gasteiger partial charge >= 0.3 is 0 Å². The molecule has 1 atom stereocenters. The molecule has 1 aliphatic rings. The molecule has 0 aliphatic carbocycles. The van der Waals surface area contributed by atoms with Crippen LogP contribution >= 0.6 is 0 Å². The molecule has 2 aromatic heterocycles. The molecule has 0 radical (unpaired) electrons. The fraction of sp³-hybridized carbons (Fsp3) is 0.368. The van der Waals surface area contributed by atoms with Crippen molar-refractivity contribution in [3.8, 4) is 5.88 Å². The Hall–Kier alpha value is -3.07. The third-order valence-corrected chi connectivity index (χ3v) is 4.99. The quantitative estimate of drug-likeness (QED) is 0.713. The van der Waals surface area contributed by atoms with E-state index in [1.165, 1.54) is 19.2 Å². The van der Waals surface area contributed by atoms with E-state index in [1.807, 2.05) is 0 Å². The SMILES string of the molecule is COc1ccc2nnc(CCC(=O)N3CC(CN)Cc4cc(F)ccc43)n2n1. The molecule has 1 unspecified atom stereocenters. The fourth-order valence-corrected chi connectivity index (χ4v) is 3.54. The Morgan fingerprint density at radius 3 is 2.96 bits per heavy atom. The Bertz CT molecular complexity index is 1020. The molecule has 8 nitrogen and oxygen atoms in total. The lowest BCUT2D eigenvalue weighted by Crippen LogP contribution is -2.42. The Kier molecular flexibility index (Phi) is 4.91. The molecule has 1 aliphatic heterocycles. The average molecular weight is 384 g/mol. The number of amides is 1. The van der Waals surface area contributed by atoms with E-state index in [0.717, 1.165) is 11.3 Å². The zero-order chi connectivity index (χ0) is 19.7. The van der Waals surface area contributed by atoms with Crippen LogP contribution in [0, 0.1) is 11.7 Å². The number of nitrogens with zero attached hydrogens (tertiary/aromatic N) is 5. The van der Waals surface area contributed by atoms with Crippen molar-refractivity contribution in [1.82, 2.24) is 19.8 Å². The van der Waals surface area contributed by atoms with Crippen LogP contribution in [-0.2, 0) is 17.6 Å². The molecule has 1 amide bonds. The minimum Gasteiger partial charge on any atom is -0.480 e. The number of methoxy groups -OCH3 is 1. The smallest absolute Gasteiger partial charge is 0.231 e. The number of aryl methyl sites for hydroxylation is 1. The van der Waals surface area contributed by atoms with Crippen LogP contribution in [0.25, 0.3) is 5.65 Å². The summed E-state index contributed by atoms with van der Waals surface area (Å²) in [5.74, 6) is 0.758. The summed E-state index contributed by atoms with van der Waals surface area (Å²) in [5.41, 5.74) is 7.98. The number of rotatable bonds is 5. The first-order valence-electron chi connectivity index (χ1n) is 9.13. The largest absolute Gasteiger partial charge is 0.480 e. The first kappa shape index (κ1) is 18.3. The van der Waals surface area contributed by atoms with Crippen molar-refractivity contribution in [2.75, 3.05) is 25.1 Å². The maximum Gasteiger partial charge on any atom is 0.231 e. The predicted octanol–water partition coefficient (Wildman–Crippen LogP) is 1.37. The highest BCUT2D eigenvalue weighted by atomic mass is 19.1. The van der Waals surface area contributed by atoms with E-state index in [4.69, 9.17) is 10.5 Å². The summed E-state index contributed by atoms with van der Waals surface area (Å²) in [6.07, 6.45) is 1.28. The van der Waals surface area contributed by atoms with E-state index in [1.54, 1.807) is 27.6 Å². The first-order valence-corrected chi connectivity index (χ1v) is 9.13. The summed E-state index contributed by atoms with van der Waals surface area (Å²) < 4.78 is 20.3. The van der Waals surface area contributed by atoms with Crippen LogP contribution in [0.3, 0.4) is 0 Å². The van der Waals surface area contributed by atoms with Crippen LogP contribution in [0.4, 0.5) is 10.1 Å². The predicted molar refractivity (Wildman–Crippen MR) is 101 cm³/mol. The molecule has 2 N–H and O–H groups in total. The number of halogens is 1. The molecule has 9 heteroatoms. The number of ether oxygens (including phenoxy) is 1. The van der Waals surface area contributed by atoms with Crippen molar-refractivity contribution in [1.29, 1.82) is 0 Å². The first-order chi connectivity index (χ1) is 13.6. The minimum absolute atomic E-state index is 0.0642. The van der Waals surface area contributed by atoms with Gasteiger partial charge in [0.1, 0.15) is 5.82 Å². The second-order valence-electron chi connectivity index (χ2n) is 6.85. The number of nitrogens with two attached hydrogens (primary N) is 1. The normalized spacial score (nSPS) is 16.2. The molecule has 3 heterocycles. The van der Waals surface area contributed by atoms with E-state index in [0.29, 0.717) is 43.3 Å². The number of hydrogen-bond donors (Lipinski definition) is 1. The second kappa shape index (κ2) is 7.51. The highest BCUT2D eigenvalue weighted by Crippen LogP contribution is 2.30. The number of anilines is 1. The number of hydrogen-bond acceptors (Lipinski definition) is 6. The van der Waals surface area contributed by atoms with Crippen LogP contribution in [-0.4, -0.2) is 45.9 Å². The molecule has 0 bridgehead atoms. The van der Waals surface area contributed by atoms with E-state index in [9.17, 15) is 9.18 Å². The Morgan fingerprint density at radius 2 is 2.18 bits per heavy atom. The summed E-state index contributed by atoms with van der Waals surface area (Å²) in [5, 5.41) is 12.5. The number of carbonyl (C=O) groups is 1. The summed E-state index contributed by atoms with van der Waals surface area (Å²) in [4.78, 5) is 14.7. The third-order valence-electron chi connectivity index (χ3n) is 4.99. The summed E-state index contributed by atoms with van der Waals surface area (Å²) in [6.45, 7) is 0.971. The molecule has 4 rings (SSSR count). The second-order valence-corrected chi connectivity index (χ2v) is 6.85. The van der Waals surface area contributed by atoms with Crippen molar-refractivity contribution in [3.63, 3.8) is 0 Å². The van der Waals surface area contributed by atoms with Crippen molar-refractivity contribution in [3.05, 3.63) is 47.5 Å². The van der Waals surface area contributed by atoms with Gasteiger partial charge in [-0.2, -0.15) is 4.52 Å². The summed E-state index contributed by atoms with van der Waals surface area (Å²) >= 11 is 0. The number of fused-ring (bicyclic) bond motifs is 2. The highest BCUT2D eigenvalue weighted by Gasteiger charge is 2.28. The molecule has 0 spiro atoms. The van der Waals surface area contributed by atoms with Crippen LogP contribution in [0.1, 0.15) is 17.8 Å². The average Bonchev–Trinajstić information content (AvgIpc) is 3.12. The molecule has 1 aromatic carbocycles. The van der Waals surface area contributed by atoms with Gasteiger partial charge < -0.3 is 15.4 Å². The van der Waals surface area contributed by atoms with Crippen LogP contribution in [0.5, 0.6) is 5.88 Å². The van der Waals surface area contributed by atoms with Gasteiger partial charge in [-0.3, -0.25) is 4.79 Å². The van der Waals surface area contributed by atoms with Crippen molar-refractivity contribution in [2.45, 2.75) is 19.3 Å².